The molecule has 100 valence electrons. The third-order valence-corrected chi connectivity index (χ3v) is 2.85. The number of hydrogen-bond donors (Lipinski definition) is 2. The van der Waals surface area contributed by atoms with Crippen LogP contribution in [0.15, 0.2) is 12.1 Å². The molecule has 0 saturated heterocycles. The first-order chi connectivity index (χ1) is 8.51. The molecule has 1 aromatic heterocycles. The molecule has 0 fully saturated rings. The number of carbonyl (C=O) groups excluding carboxylic acids is 1. The monoisotopic (exact) mass is 270 g/mol. The highest BCUT2D eigenvalue weighted by atomic mass is 35.5. The van der Waals surface area contributed by atoms with Gasteiger partial charge < -0.3 is 10.3 Å². The minimum atomic E-state index is -0.172. The van der Waals surface area contributed by atoms with Gasteiger partial charge in [0.2, 0.25) is 0 Å². The second kappa shape index (κ2) is 6.56. The van der Waals surface area contributed by atoms with E-state index < -0.39 is 0 Å². The average molecular weight is 271 g/mol. The summed E-state index contributed by atoms with van der Waals surface area (Å²) in [6.45, 7) is 6.63. The number of rotatable bonds is 5. The molecular formula is C12H19ClN4O. The van der Waals surface area contributed by atoms with Gasteiger partial charge in [0.05, 0.1) is 5.02 Å². The molecule has 18 heavy (non-hydrogen) atoms. The van der Waals surface area contributed by atoms with Gasteiger partial charge in [0.25, 0.3) is 5.91 Å². The van der Waals surface area contributed by atoms with Gasteiger partial charge >= 0.3 is 0 Å². The molecule has 0 radical (unpaired) electrons. The van der Waals surface area contributed by atoms with E-state index in [2.05, 4.69) is 10.4 Å². The van der Waals surface area contributed by atoms with Crippen molar-refractivity contribution in [2.75, 3.05) is 12.0 Å². The van der Waals surface area contributed by atoms with Crippen LogP contribution in [0.2, 0.25) is 5.02 Å². The number of anilines is 1. The molecule has 1 rings (SSSR count). The molecule has 0 aromatic carbocycles. The Morgan fingerprint density at radius 3 is 2.72 bits per heavy atom. The SMILES string of the molecule is CCCN(C(=O)c1nc(NN)ccc1Cl)C(C)C. The van der Waals surface area contributed by atoms with E-state index in [1.165, 1.54) is 0 Å². The zero-order chi connectivity index (χ0) is 13.7. The normalized spacial score (nSPS) is 10.6. The van der Waals surface area contributed by atoms with Crippen LogP contribution < -0.4 is 11.3 Å². The third-order valence-electron chi connectivity index (χ3n) is 2.55. The van der Waals surface area contributed by atoms with Gasteiger partial charge in [0, 0.05) is 12.6 Å². The number of hydrazine groups is 1. The summed E-state index contributed by atoms with van der Waals surface area (Å²) in [6.07, 6.45) is 0.885. The molecule has 0 aliphatic rings. The molecule has 5 nitrogen and oxygen atoms in total. The largest absolute Gasteiger partial charge is 0.335 e. The van der Waals surface area contributed by atoms with Crippen LogP contribution >= 0.6 is 11.6 Å². The Morgan fingerprint density at radius 1 is 1.56 bits per heavy atom. The molecule has 0 spiro atoms. The standard InChI is InChI=1S/C12H19ClN4O/c1-4-7-17(8(2)3)12(18)11-9(13)5-6-10(15-11)16-14/h5-6,8H,4,7,14H2,1-3H3,(H,15,16). The molecule has 0 saturated carbocycles. The van der Waals surface area contributed by atoms with Crippen LogP contribution in [-0.2, 0) is 0 Å². The van der Waals surface area contributed by atoms with E-state index in [4.69, 9.17) is 17.4 Å². The summed E-state index contributed by atoms with van der Waals surface area (Å²) >= 11 is 6.02. The van der Waals surface area contributed by atoms with Crippen LogP contribution in [0.3, 0.4) is 0 Å². The van der Waals surface area contributed by atoms with Crippen LogP contribution in [0.5, 0.6) is 0 Å². The van der Waals surface area contributed by atoms with Gasteiger partial charge in [-0.15, -0.1) is 0 Å². The molecule has 3 N–H and O–H groups in total. The smallest absolute Gasteiger partial charge is 0.274 e. The fraction of sp³-hybridized carbons (Fsp3) is 0.500. The first kappa shape index (κ1) is 14.7. The van der Waals surface area contributed by atoms with E-state index in [1.54, 1.807) is 17.0 Å². The lowest BCUT2D eigenvalue weighted by Crippen LogP contribution is -2.38. The molecule has 0 aliphatic heterocycles. The number of nitrogens with two attached hydrogens (primary N) is 1. The maximum Gasteiger partial charge on any atom is 0.274 e. The second-order valence-corrected chi connectivity index (χ2v) is 4.67. The summed E-state index contributed by atoms with van der Waals surface area (Å²) in [5, 5.41) is 0.334. The Bertz CT molecular complexity index is 423. The molecular weight excluding hydrogens is 252 g/mol. The summed E-state index contributed by atoms with van der Waals surface area (Å²) in [6, 6.07) is 3.34. The zero-order valence-corrected chi connectivity index (χ0v) is 11.7. The summed E-state index contributed by atoms with van der Waals surface area (Å²) in [7, 11) is 0. The van der Waals surface area contributed by atoms with Crippen molar-refractivity contribution in [2.45, 2.75) is 33.2 Å². The van der Waals surface area contributed by atoms with Gasteiger partial charge in [-0.05, 0) is 32.4 Å². The number of carbonyl (C=O) groups is 1. The minimum absolute atomic E-state index is 0.102. The van der Waals surface area contributed by atoms with Crippen molar-refractivity contribution in [3.05, 3.63) is 22.8 Å². The molecule has 0 bridgehead atoms. The van der Waals surface area contributed by atoms with E-state index in [-0.39, 0.29) is 17.6 Å². The van der Waals surface area contributed by atoms with Crippen LogP contribution in [-0.4, -0.2) is 28.4 Å². The van der Waals surface area contributed by atoms with Crippen molar-refractivity contribution in [1.29, 1.82) is 0 Å². The van der Waals surface area contributed by atoms with E-state index >= 15 is 0 Å². The Hall–Kier alpha value is -1.33. The summed E-state index contributed by atoms with van der Waals surface area (Å²) in [4.78, 5) is 18.2. The van der Waals surface area contributed by atoms with Gasteiger partial charge in [-0.2, -0.15) is 0 Å². The maximum atomic E-state index is 12.4. The highest BCUT2D eigenvalue weighted by Crippen LogP contribution is 2.19. The van der Waals surface area contributed by atoms with E-state index in [0.717, 1.165) is 6.42 Å². The van der Waals surface area contributed by atoms with Gasteiger partial charge in [0.15, 0.2) is 0 Å². The minimum Gasteiger partial charge on any atom is -0.335 e. The molecule has 1 heterocycles. The Labute approximate surface area is 112 Å². The topological polar surface area (TPSA) is 71.2 Å². The average Bonchev–Trinajstić information content (AvgIpc) is 2.35. The number of pyridine rings is 1. The van der Waals surface area contributed by atoms with Crippen LogP contribution in [0.25, 0.3) is 0 Å². The number of amides is 1. The predicted octanol–water partition coefficient (Wildman–Crippen LogP) is 2.28. The van der Waals surface area contributed by atoms with Crippen molar-refractivity contribution in [2.24, 2.45) is 5.84 Å². The quantitative estimate of drug-likeness (QED) is 0.636. The Morgan fingerprint density at radius 2 is 2.22 bits per heavy atom. The lowest BCUT2D eigenvalue weighted by atomic mass is 10.2. The first-order valence-corrected chi connectivity index (χ1v) is 6.33. The first-order valence-electron chi connectivity index (χ1n) is 5.95. The fourth-order valence-corrected chi connectivity index (χ4v) is 1.83. The van der Waals surface area contributed by atoms with E-state index in [1.807, 2.05) is 20.8 Å². The number of nitrogens with zero attached hydrogens (tertiary/aromatic N) is 2. The molecule has 6 heteroatoms. The van der Waals surface area contributed by atoms with Gasteiger partial charge in [-0.3, -0.25) is 4.79 Å². The molecule has 0 unspecified atom stereocenters. The number of aromatic nitrogens is 1. The van der Waals surface area contributed by atoms with Crippen molar-refractivity contribution in [3.63, 3.8) is 0 Å². The number of halogens is 1. The second-order valence-electron chi connectivity index (χ2n) is 4.26. The molecule has 0 aliphatic carbocycles. The summed E-state index contributed by atoms with van der Waals surface area (Å²) < 4.78 is 0. The van der Waals surface area contributed by atoms with Gasteiger partial charge in [0.1, 0.15) is 11.5 Å². The van der Waals surface area contributed by atoms with Crippen molar-refractivity contribution in [3.8, 4) is 0 Å². The highest BCUT2D eigenvalue weighted by Gasteiger charge is 2.21. The number of nitrogen functional groups attached to an aromatic ring is 1. The maximum absolute atomic E-state index is 12.4. The summed E-state index contributed by atoms with van der Waals surface area (Å²) in [5.74, 6) is 5.53. The number of nitrogens with one attached hydrogen (secondary N) is 1. The predicted molar refractivity (Wildman–Crippen MR) is 73.5 cm³/mol. The van der Waals surface area contributed by atoms with Gasteiger partial charge in [-0.25, -0.2) is 10.8 Å². The van der Waals surface area contributed by atoms with Crippen LogP contribution in [0.4, 0.5) is 5.82 Å². The highest BCUT2D eigenvalue weighted by molar-refractivity contribution is 6.33. The molecule has 1 amide bonds. The lowest BCUT2D eigenvalue weighted by molar-refractivity contribution is 0.0700. The zero-order valence-electron chi connectivity index (χ0n) is 10.9. The summed E-state index contributed by atoms with van der Waals surface area (Å²) in [5.41, 5.74) is 2.64. The van der Waals surface area contributed by atoms with Crippen LogP contribution in [0, 0.1) is 0 Å². The van der Waals surface area contributed by atoms with Crippen molar-refractivity contribution < 1.29 is 4.79 Å². The van der Waals surface area contributed by atoms with Crippen LogP contribution in [0.1, 0.15) is 37.7 Å². The molecule has 0 atom stereocenters. The lowest BCUT2D eigenvalue weighted by Gasteiger charge is -2.26. The van der Waals surface area contributed by atoms with Crippen molar-refractivity contribution >= 4 is 23.3 Å². The van der Waals surface area contributed by atoms with E-state index in [9.17, 15) is 4.79 Å². The third kappa shape index (κ3) is 3.34. The molecule has 1 aromatic rings. The van der Waals surface area contributed by atoms with Gasteiger partial charge in [-0.1, -0.05) is 18.5 Å². The van der Waals surface area contributed by atoms with Crippen molar-refractivity contribution in [1.82, 2.24) is 9.88 Å². The Kier molecular flexibility index (Phi) is 5.37. The number of hydrogen-bond acceptors (Lipinski definition) is 4. The fourth-order valence-electron chi connectivity index (χ4n) is 1.64. The van der Waals surface area contributed by atoms with E-state index in [0.29, 0.717) is 17.4 Å². The Balaban J connectivity index is 3.07.